The molecule has 0 saturated heterocycles. The first-order valence-corrected chi connectivity index (χ1v) is 12.1. The minimum atomic E-state index is -0.230. The van der Waals surface area contributed by atoms with Crippen molar-refractivity contribution in [1.82, 2.24) is 10.3 Å². The number of aromatic nitrogens is 1. The zero-order valence-electron chi connectivity index (χ0n) is 18.0. The van der Waals surface area contributed by atoms with Gasteiger partial charge in [-0.05, 0) is 31.4 Å². The number of carbonyl (C=O) groups excluding carboxylic acids is 2. The second-order valence-electron chi connectivity index (χ2n) is 8.11. The number of hydrogen-bond donors (Lipinski definition) is 2. The van der Waals surface area contributed by atoms with E-state index in [1.807, 2.05) is 35.7 Å². The second kappa shape index (κ2) is 9.70. The summed E-state index contributed by atoms with van der Waals surface area (Å²) in [4.78, 5) is 29.6. The Kier molecular flexibility index (Phi) is 6.76. The molecule has 0 bridgehead atoms. The van der Waals surface area contributed by atoms with Crippen LogP contribution < -0.4 is 20.1 Å². The first kappa shape index (κ1) is 22.3. The molecule has 1 aliphatic heterocycles. The van der Waals surface area contributed by atoms with Crippen molar-refractivity contribution in [2.45, 2.75) is 38.7 Å². The van der Waals surface area contributed by atoms with E-state index >= 15 is 0 Å². The Morgan fingerprint density at radius 3 is 2.84 bits per heavy atom. The lowest BCUT2D eigenvalue weighted by atomic mass is 10.0. The van der Waals surface area contributed by atoms with Gasteiger partial charge in [0.15, 0.2) is 16.6 Å². The summed E-state index contributed by atoms with van der Waals surface area (Å²) in [7, 11) is 0. The third kappa shape index (κ3) is 5.86. The van der Waals surface area contributed by atoms with E-state index in [0.29, 0.717) is 36.1 Å². The van der Waals surface area contributed by atoms with Gasteiger partial charge in [0.05, 0.1) is 25.1 Å². The molecule has 32 heavy (non-hydrogen) atoms. The van der Waals surface area contributed by atoms with Gasteiger partial charge in [-0.1, -0.05) is 18.2 Å². The maximum Gasteiger partial charge on any atom is 0.231 e. The van der Waals surface area contributed by atoms with Crippen LogP contribution in [0.25, 0.3) is 0 Å². The Bertz CT molecular complexity index is 1090. The van der Waals surface area contributed by atoms with E-state index in [1.165, 1.54) is 11.3 Å². The van der Waals surface area contributed by atoms with Gasteiger partial charge in [0.2, 0.25) is 11.8 Å². The van der Waals surface area contributed by atoms with E-state index in [2.05, 4.69) is 29.5 Å². The van der Waals surface area contributed by atoms with Gasteiger partial charge in [0.1, 0.15) is 12.2 Å². The molecule has 0 aliphatic carbocycles. The van der Waals surface area contributed by atoms with Gasteiger partial charge < -0.3 is 20.1 Å². The minimum Gasteiger partial charge on any atom is -0.488 e. The van der Waals surface area contributed by atoms with Crippen molar-refractivity contribution in [2.75, 3.05) is 18.5 Å². The van der Waals surface area contributed by atoms with Crippen LogP contribution >= 0.6 is 22.7 Å². The van der Waals surface area contributed by atoms with Gasteiger partial charge in [-0.3, -0.25) is 9.59 Å². The normalized spacial score (nSPS) is 13.8. The number of ether oxygens (including phenoxy) is 2. The molecule has 168 valence electrons. The fraction of sp³-hybridized carbons (Fsp3) is 0.348. The predicted molar refractivity (Wildman–Crippen MR) is 126 cm³/mol. The average Bonchev–Trinajstić information content (AvgIpc) is 3.45. The molecule has 1 aliphatic rings. The van der Waals surface area contributed by atoms with Gasteiger partial charge in [0.25, 0.3) is 0 Å². The fourth-order valence-corrected chi connectivity index (χ4v) is 4.89. The van der Waals surface area contributed by atoms with E-state index in [-0.39, 0.29) is 23.8 Å². The Morgan fingerprint density at radius 2 is 2.03 bits per heavy atom. The largest absolute Gasteiger partial charge is 0.488 e. The van der Waals surface area contributed by atoms with Crippen LogP contribution in [0.15, 0.2) is 41.1 Å². The lowest BCUT2D eigenvalue weighted by Crippen LogP contribution is -2.29. The van der Waals surface area contributed by atoms with Crippen molar-refractivity contribution in [3.8, 4) is 11.5 Å². The van der Waals surface area contributed by atoms with Crippen molar-refractivity contribution in [2.24, 2.45) is 0 Å². The standard InChI is InChI=1S/C23H25N3O4S2/c1-23(2)13-15-5-3-7-18(21(15)30-23)29-9-8-24-19(27)11-16-14-32-22(25-16)26-20(28)12-17-6-4-10-31-17/h3-7,10,14H,8-9,11-13H2,1-2H3,(H,24,27)(H,25,26,28). The van der Waals surface area contributed by atoms with Crippen molar-refractivity contribution in [3.63, 3.8) is 0 Å². The lowest BCUT2D eigenvalue weighted by molar-refractivity contribution is -0.120. The molecule has 0 fully saturated rings. The summed E-state index contributed by atoms with van der Waals surface area (Å²) in [5.74, 6) is 1.23. The van der Waals surface area contributed by atoms with Crippen molar-refractivity contribution in [1.29, 1.82) is 0 Å². The van der Waals surface area contributed by atoms with Crippen LogP contribution in [0.4, 0.5) is 5.13 Å². The Balaban J connectivity index is 1.19. The summed E-state index contributed by atoms with van der Waals surface area (Å²) in [6.07, 6.45) is 1.32. The monoisotopic (exact) mass is 471 g/mol. The number of thiazole rings is 1. The number of thiophene rings is 1. The maximum atomic E-state index is 12.2. The van der Waals surface area contributed by atoms with E-state index < -0.39 is 0 Å². The number of nitrogens with one attached hydrogen (secondary N) is 2. The minimum absolute atomic E-state index is 0.116. The van der Waals surface area contributed by atoms with Crippen LogP contribution in [0.2, 0.25) is 0 Å². The molecule has 3 heterocycles. The molecule has 0 saturated carbocycles. The third-order valence-corrected chi connectivity index (χ3v) is 6.47. The van der Waals surface area contributed by atoms with E-state index in [9.17, 15) is 9.59 Å². The highest BCUT2D eigenvalue weighted by atomic mass is 32.1. The van der Waals surface area contributed by atoms with Crippen LogP contribution in [0.1, 0.15) is 30.0 Å². The highest BCUT2D eigenvalue weighted by Gasteiger charge is 2.32. The zero-order valence-corrected chi connectivity index (χ0v) is 19.6. The molecule has 7 nitrogen and oxygen atoms in total. The number of fused-ring (bicyclic) bond motifs is 1. The Hall–Kier alpha value is -2.91. The molecular formula is C23H25N3O4S2. The van der Waals surface area contributed by atoms with Crippen molar-refractivity contribution in [3.05, 3.63) is 57.2 Å². The summed E-state index contributed by atoms with van der Waals surface area (Å²) in [5.41, 5.74) is 1.53. The SMILES string of the molecule is CC1(C)Cc2cccc(OCCNC(=O)Cc3csc(NC(=O)Cc4cccs4)n3)c2O1. The molecule has 2 N–H and O–H groups in total. The summed E-state index contributed by atoms with van der Waals surface area (Å²) >= 11 is 2.85. The number of benzene rings is 1. The molecule has 9 heteroatoms. The number of amides is 2. The average molecular weight is 472 g/mol. The molecule has 2 amide bonds. The van der Waals surface area contributed by atoms with Gasteiger partial charge in [-0.15, -0.1) is 22.7 Å². The summed E-state index contributed by atoms with van der Waals surface area (Å²) in [6.45, 7) is 4.82. The molecule has 3 aromatic rings. The first-order chi connectivity index (χ1) is 15.4. The van der Waals surface area contributed by atoms with Crippen LogP contribution in [0, 0.1) is 0 Å². The second-order valence-corrected chi connectivity index (χ2v) is 10.00. The summed E-state index contributed by atoms with van der Waals surface area (Å²) in [6, 6.07) is 9.72. The Labute approximate surface area is 194 Å². The summed E-state index contributed by atoms with van der Waals surface area (Å²) in [5, 5.41) is 9.84. The van der Waals surface area contributed by atoms with E-state index in [4.69, 9.17) is 9.47 Å². The molecule has 0 unspecified atom stereocenters. The number of rotatable bonds is 9. The van der Waals surface area contributed by atoms with Crippen LogP contribution in [0.5, 0.6) is 11.5 Å². The molecule has 2 aromatic heterocycles. The van der Waals surface area contributed by atoms with Gasteiger partial charge in [-0.2, -0.15) is 0 Å². The fourth-order valence-electron chi connectivity index (χ4n) is 3.46. The molecule has 0 spiro atoms. The lowest BCUT2D eigenvalue weighted by Gasteiger charge is -2.18. The smallest absolute Gasteiger partial charge is 0.231 e. The van der Waals surface area contributed by atoms with Crippen molar-refractivity contribution < 1.29 is 19.1 Å². The number of anilines is 1. The molecule has 4 rings (SSSR count). The molecule has 1 aromatic carbocycles. The van der Waals surface area contributed by atoms with Gasteiger partial charge in [-0.25, -0.2) is 4.98 Å². The van der Waals surface area contributed by atoms with E-state index in [0.717, 1.165) is 22.6 Å². The predicted octanol–water partition coefficient (Wildman–Crippen LogP) is 3.84. The third-order valence-electron chi connectivity index (χ3n) is 4.79. The number of carbonyl (C=O) groups is 2. The summed E-state index contributed by atoms with van der Waals surface area (Å²) < 4.78 is 11.8. The van der Waals surface area contributed by atoms with Gasteiger partial charge >= 0.3 is 0 Å². The molecule has 0 atom stereocenters. The number of nitrogens with zero attached hydrogens (tertiary/aromatic N) is 1. The first-order valence-electron chi connectivity index (χ1n) is 10.3. The van der Waals surface area contributed by atoms with Gasteiger partial charge in [0, 0.05) is 22.2 Å². The quantitative estimate of drug-likeness (QED) is 0.463. The van der Waals surface area contributed by atoms with E-state index in [1.54, 1.807) is 16.7 Å². The number of para-hydroxylation sites is 1. The highest BCUT2D eigenvalue weighted by Crippen LogP contribution is 2.41. The zero-order chi connectivity index (χ0) is 22.6. The number of hydrogen-bond acceptors (Lipinski definition) is 7. The topological polar surface area (TPSA) is 89.6 Å². The highest BCUT2D eigenvalue weighted by molar-refractivity contribution is 7.14. The van der Waals surface area contributed by atoms with Crippen molar-refractivity contribution >= 4 is 39.6 Å². The van der Waals surface area contributed by atoms with Crippen LogP contribution in [0.3, 0.4) is 0 Å². The maximum absolute atomic E-state index is 12.2. The van der Waals surface area contributed by atoms with Crippen LogP contribution in [-0.4, -0.2) is 35.6 Å². The molecule has 0 radical (unpaired) electrons. The Morgan fingerprint density at radius 1 is 1.16 bits per heavy atom. The van der Waals surface area contributed by atoms with Crippen LogP contribution in [-0.2, 0) is 28.9 Å². The molecular weight excluding hydrogens is 446 g/mol.